The number of aliphatic hydroxyl groups excluding tert-OH is 1. The van der Waals surface area contributed by atoms with Crippen LogP contribution in [0.25, 0.3) is 0 Å². The Bertz CT molecular complexity index is 619. The Labute approximate surface area is 153 Å². The van der Waals surface area contributed by atoms with Crippen LogP contribution in [0.2, 0.25) is 0 Å². The van der Waals surface area contributed by atoms with Crippen molar-refractivity contribution in [2.75, 3.05) is 25.9 Å². The molecule has 8 nitrogen and oxygen atoms in total. The molecule has 0 spiro atoms. The number of aliphatic hydroxyl groups is 1. The number of ether oxygens (including phenoxy) is 2. The zero-order valence-corrected chi connectivity index (χ0v) is 16.2. The highest BCUT2D eigenvalue weighted by atomic mass is 31.2. The molecule has 1 aromatic carbocycles. The Balaban J connectivity index is 2.62. The lowest BCUT2D eigenvalue weighted by atomic mass is 10.1. The van der Waals surface area contributed by atoms with Crippen molar-refractivity contribution >= 4 is 13.3 Å². The van der Waals surface area contributed by atoms with Crippen LogP contribution in [0.4, 0.5) is 0 Å². The first-order chi connectivity index (χ1) is 12.2. The Morgan fingerprint density at radius 1 is 1.27 bits per heavy atom. The summed E-state index contributed by atoms with van der Waals surface area (Å²) in [5.74, 6) is -1.02. The van der Waals surface area contributed by atoms with Gasteiger partial charge in [-0.05, 0) is 38.5 Å². The fourth-order valence-corrected chi connectivity index (χ4v) is 4.06. The van der Waals surface area contributed by atoms with Crippen LogP contribution in [-0.4, -0.2) is 59.1 Å². The maximum Gasteiger partial charge on any atom is 0.335 e. The number of aromatic carboxylic acids is 1. The van der Waals surface area contributed by atoms with E-state index < -0.39 is 25.5 Å². The smallest absolute Gasteiger partial charge is 0.335 e. The van der Waals surface area contributed by atoms with Crippen molar-refractivity contribution in [1.82, 2.24) is 5.32 Å². The van der Waals surface area contributed by atoms with Gasteiger partial charge in [-0.15, -0.1) is 0 Å². The summed E-state index contributed by atoms with van der Waals surface area (Å²) in [4.78, 5) is 21.2. The first-order valence-corrected chi connectivity index (χ1v) is 10.4. The minimum Gasteiger partial charge on any atom is -0.478 e. The van der Waals surface area contributed by atoms with Crippen molar-refractivity contribution in [1.29, 1.82) is 0 Å². The fraction of sp³-hybridized carbons (Fsp3) is 0.588. The molecule has 0 amide bonds. The lowest BCUT2D eigenvalue weighted by molar-refractivity contribution is -0.0876. The number of rotatable bonds is 12. The largest absolute Gasteiger partial charge is 0.478 e. The lowest BCUT2D eigenvalue weighted by Crippen LogP contribution is -2.33. The summed E-state index contributed by atoms with van der Waals surface area (Å²) in [7, 11) is -3.86. The molecule has 3 atom stereocenters. The molecule has 0 aliphatic rings. The van der Waals surface area contributed by atoms with E-state index in [2.05, 4.69) is 5.32 Å². The van der Waals surface area contributed by atoms with Gasteiger partial charge in [-0.3, -0.25) is 4.57 Å². The number of carboxylic acid groups (broad SMARTS) is 1. The second-order valence-corrected chi connectivity index (χ2v) is 8.17. The molecule has 9 heteroatoms. The molecule has 4 N–H and O–H groups in total. The van der Waals surface area contributed by atoms with Gasteiger partial charge in [0.2, 0.25) is 6.03 Å². The van der Waals surface area contributed by atoms with E-state index in [1.165, 1.54) is 6.07 Å². The number of carboxylic acids is 1. The van der Waals surface area contributed by atoms with Gasteiger partial charge >= 0.3 is 5.97 Å². The maximum atomic E-state index is 12.4. The third-order valence-electron chi connectivity index (χ3n) is 3.71. The molecule has 0 saturated carbocycles. The highest BCUT2D eigenvalue weighted by molar-refractivity contribution is 7.58. The van der Waals surface area contributed by atoms with Crippen molar-refractivity contribution in [2.45, 2.75) is 38.9 Å². The minimum absolute atomic E-state index is 0.0635. The summed E-state index contributed by atoms with van der Waals surface area (Å²) in [6.45, 7) is 5.71. The molecule has 0 aliphatic heterocycles. The fourth-order valence-electron chi connectivity index (χ4n) is 2.39. The molecule has 0 fully saturated rings. The van der Waals surface area contributed by atoms with Gasteiger partial charge in [0.1, 0.15) is 0 Å². The highest BCUT2D eigenvalue weighted by Gasteiger charge is 2.34. The average Bonchev–Trinajstić information content (AvgIpc) is 2.59. The first-order valence-electron chi connectivity index (χ1n) is 8.50. The third-order valence-corrected chi connectivity index (χ3v) is 5.62. The van der Waals surface area contributed by atoms with Crippen molar-refractivity contribution in [3.8, 4) is 0 Å². The Hall–Kier alpha value is -1.28. The van der Waals surface area contributed by atoms with Crippen molar-refractivity contribution < 1.29 is 33.9 Å². The molecule has 1 rings (SSSR count). The molecule has 26 heavy (non-hydrogen) atoms. The Kier molecular flexibility index (Phi) is 9.43. The second kappa shape index (κ2) is 10.8. The van der Waals surface area contributed by atoms with Crippen LogP contribution in [0.1, 0.15) is 42.7 Å². The zero-order chi connectivity index (χ0) is 19.7. The molecule has 148 valence electrons. The number of hydrogen-bond acceptors (Lipinski definition) is 6. The molecular formula is C17H28NO7P. The third kappa shape index (κ3) is 7.15. The highest BCUT2D eigenvalue weighted by Crippen LogP contribution is 2.47. The average molecular weight is 389 g/mol. The normalized spacial score (nSPS) is 16.2. The van der Waals surface area contributed by atoms with Gasteiger partial charge in [0, 0.05) is 25.8 Å². The number of carbonyl (C=O) groups is 1. The predicted octanol–water partition coefficient (Wildman–Crippen LogP) is 2.02. The summed E-state index contributed by atoms with van der Waals surface area (Å²) in [6, 6.07) is 4.96. The van der Waals surface area contributed by atoms with Gasteiger partial charge in [-0.2, -0.15) is 0 Å². The van der Waals surface area contributed by atoms with Crippen LogP contribution in [0.3, 0.4) is 0 Å². The maximum absolute atomic E-state index is 12.4. The molecule has 3 unspecified atom stereocenters. The van der Waals surface area contributed by atoms with E-state index in [0.717, 1.165) is 5.56 Å². The minimum atomic E-state index is -3.86. The van der Waals surface area contributed by atoms with Gasteiger partial charge in [-0.25, -0.2) is 4.79 Å². The van der Waals surface area contributed by atoms with E-state index in [9.17, 15) is 19.4 Å². The quantitative estimate of drug-likeness (QED) is 0.316. The Morgan fingerprint density at radius 3 is 2.42 bits per heavy atom. The van der Waals surface area contributed by atoms with Crippen LogP contribution < -0.4 is 5.32 Å². The van der Waals surface area contributed by atoms with Gasteiger partial charge < -0.3 is 29.9 Å². The monoisotopic (exact) mass is 389 g/mol. The molecule has 0 aromatic heterocycles. The van der Waals surface area contributed by atoms with Crippen LogP contribution >= 0.6 is 7.37 Å². The van der Waals surface area contributed by atoms with Crippen molar-refractivity contribution in [2.24, 2.45) is 0 Å². The van der Waals surface area contributed by atoms with E-state index in [4.69, 9.17) is 14.6 Å². The number of hydrogen-bond donors (Lipinski definition) is 4. The van der Waals surface area contributed by atoms with Crippen LogP contribution in [0, 0.1) is 0 Å². The van der Waals surface area contributed by atoms with Crippen molar-refractivity contribution in [3.63, 3.8) is 0 Å². The summed E-state index contributed by atoms with van der Waals surface area (Å²) >= 11 is 0. The van der Waals surface area contributed by atoms with Gasteiger partial charge in [0.25, 0.3) is 7.37 Å². The van der Waals surface area contributed by atoms with E-state index in [1.807, 2.05) is 6.92 Å². The second-order valence-electron chi connectivity index (χ2n) is 5.87. The topological polar surface area (TPSA) is 125 Å². The van der Waals surface area contributed by atoms with E-state index in [1.54, 1.807) is 32.0 Å². The van der Waals surface area contributed by atoms with Gasteiger partial charge in [0.15, 0.2) is 0 Å². The van der Waals surface area contributed by atoms with Crippen LogP contribution in [0.5, 0.6) is 0 Å². The van der Waals surface area contributed by atoms with Crippen LogP contribution in [-0.2, 0) is 14.0 Å². The van der Waals surface area contributed by atoms with E-state index in [-0.39, 0.29) is 37.5 Å². The van der Waals surface area contributed by atoms with Gasteiger partial charge in [0.05, 0.1) is 17.8 Å². The zero-order valence-electron chi connectivity index (χ0n) is 15.3. The molecule has 0 bridgehead atoms. The molecule has 0 saturated heterocycles. The molecule has 1 aromatic rings. The summed E-state index contributed by atoms with van der Waals surface area (Å²) in [6.07, 6.45) is -1.45. The first kappa shape index (κ1) is 22.8. The molecular weight excluding hydrogens is 361 g/mol. The van der Waals surface area contributed by atoms with Crippen molar-refractivity contribution in [3.05, 3.63) is 35.4 Å². The SMILES string of the molecule is CCOC(OCC)P(=O)(O)CC(O)CNC(C)c1cccc(C(=O)O)c1. The number of benzene rings is 1. The van der Waals surface area contributed by atoms with E-state index >= 15 is 0 Å². The number of nitrogens with one attached hydrogen (secondary N) is 1. The molecule has 0 heterocycles. The standard InChI is InChI=1S/C17H28NO7P/c1-4-24-17(25-5-2)26(22,23)11-15(19)10-18-12(3)13-7-6-8-14(9-13)16(20)21/h6-9,12,15,17-19H,4-5,10-11H2,1-3H3,(H,20,21)(H,22,23). The summed E-state index contributed by atoms with van der Waals surface area (Å²) < 4.78 is 22.7. The predicted molar refractivity (Wildman–Crippen MR) is 97.6 cm³/mol. The molecule has 0 aliphatic carbocycles. The van der Waals surface area contributed by atoms with Gasteiger partial charge in [-0.1, -0.05) is 12.1 Å². The van der Waals surface area contributed by atoms with Crippen LogP contribution in [0.15, 0.2) is 24.3 Å². The lowest BCUT2D eigenvalue weighted by Gasteiger charge is -2.25. The molecule has 0 radical (unpaired) electrons. The summed E-state index contributed by atoms with van der Waals surface area (Å²) in [5.41, 5.74) is 0.915. The Morgan fingerprint density at radius 2 is 1.88 bits per heavy atom. The summed E-state index contributed by atoms with van der Waals surface area (Å²) in [5, 5.41) is 22.2. The van der Waals surface area contributed by atoms with E-state index in [0.29, 0.717) is 0 Å².